The number of ether oxygens (including phenoxy) is 2. The predicted molar refractivity (Wildman–Crippen MR) is 180 cm³/mol. The summed E-state index contributed by atoms with van der Waals surface area (Å²) in [6.45, 7) is -0.154. The molecule has 0 aliphatic rings. The zero-order valence-electron chi connectivity index (χ0n) is 28.5. The second-order valence-electron chi connectivity index (χ2n) is 11.8. The first-order chi connectivity index (χ1) is 24.7. The summed E-state index contributed by atoms with van der Waals surface area (Å²) in [5, 5.41) is 9.34. The first-order valence-electron chi connectivity index (χ1n) is 15.0. The standard InChI is InChI=1S/C15H17F3N2O6S.C15H15F3N2O6S/c2*1-26-4-3-12(21)8-5-9-11(6-10(8)15(16,17)18)19-14(23)20(13(9)22)7-27(2,24)25/h5-6,12,21H,3-4,7H2,1-2H3,(H,19,23);5-6H,3-4,7H2,1-2H3,(H,19,23). The summed E-state index contributed by atoms with van der Waals surface area (Å²) >= 11 is 0. The number of hydrogen-bond acceptors (Lipinski definition) is 12. The van der Waals surface area contributed by atoms with Gasteiger partial charge in [-0.2, -0.15) is 26.3 Å². The molecule has 0 bridgehead atoms. The van der Waals surface area contributed by atoms with E-state index in [1.165, 1.54) is 14.2 Å². The summed E-state index contributed by atoms with van der Waals surface area (Å²) in [7, 11) is -4.96. The van der Waals surface area contributed by atoms with E-state index in [0.29, 0.717) is 27.3 Å². The Labute approximate surface area is 299 Å². The average Bonchev–Trinajstić information content (AvgIpc) is 3.04. The lowest BCUT2D eigenvalue weighted by Gasteiger charge is -2.18. The summed E-state index contributed by atoms with van der Waals surface area (Å²) < 4.78 is 136. The first kappa shape index (κ1) is 43.8. The van der Waals surface area contributed by atoms with Crippen LogP contribution in [0.3, 0.4) is 0 Å². The number of aliphatic hydroxyl groups is 1. The van der Waals surface area contributed by atoms with Gasteiger partial charge in [-0.05, 0) is 29.8 Å². The number of hydrogen-bond donors (Lipinski definition) is 3. The van der Waals surface area contributed by atoms with Crippen molar-refractivity contribution < 1.29 is 62.6 Å². The fourth-order valence-corrected chi connectivity index (χ4v) is 6.43. The van der Waals surface area contributed by atoms with E-state index < -0.39 is 117 Å². The Kier molecular flexibility index (Phi) is 13.3. The number of alkyl halides is 6. The van der Waals surface area contributed by atoms with E-state index in [0.717, 1.165) is 18.6 Å². The van der Waals surface area contributed by atoms with Gasteiger partial charge in [0.1, 0.15) is 11.8 Å². The van der Waals surface area contributed by atoms with Crippen LogP contribution in [0.5, 0.6) is 0 Å². The van der Waals surface area contributed by atoms with Crippen LogP contribution in [0.2, 0.25) is 0 Å². The molecule has 24 heteroatoms. The monoisotopic (exact) mass is 818 g/mol. The van der Waals surface area contributed by atoms with Gasteiger partial charge >= 0.3 is 23.7 Å². The highest BCUT2D eigenvalue weighted by molar-refractivity contribution is 7.89. The number of sulfone groups is 2. The Hall–Kier alpha value is -4.65. The number of carbonyl (C=O) groups is 1. The molecule has 0 amide bonds. The third-order valence-electron chi connectivity index (χ3n) is 7.40. The zero-order valence-corrected chi connectivity index (χ0v) is 30.2. The topological polar surface area (TPSA) is 234 Å². The van der Waals surface area contributed by atoms with Gasteiger partial charge in [0.15, 0.2) is 25.5 Å². The number of H-pyrrole nitrogens is 2. The molecule has 0 saturated carbocycles. The molecule has 2 heterocycles. The Balaban J connectivity index is 0.000000290. The van der Waals surface area contributed by atoms with E-state index in [1.54, 1.807) is 0 Å². The Morgan fingerprint density at radius 2 is 1.17 bits per heavy atom. The maximum atomic E-state index is 13.4. The number of aromatic nitrogens is 4. The number of halogens is 6. The van der Waals surface area contributed by atoms with Gasteiger partial charge in [-0.15, -0.1) is 0 Å². The fraction of sp³-hybridized carbons (Fsp3) is 0.433. The lowest BCUT2D eigenvalue weighted by molar-refractivity contribution is -0.139. The van der Waals surface area contributed by atoms with E-state index in [1.807, 2.05) is 0 Å². The van der Waals surface area contributed by atoms with Crippen LogP contribution in [0.1, 0.15) is 46.0 Å². The maximum Gasteiger partial charge on any atom is 0.417 e. The normalized spacial score (nSPS) is 13.2. The van der Waals surface area contributed by atoms with Gasteiger partial charge in [0.05, 0.1) is 45.6 Å². The summed E-state index contributed by atoms with van der Waals surface area (Å²) in [4.78, 5) is 65.1. The van der Waals surface area contributed by atoms with Gasteiger partial charge in [-0.3, -0.25) is 14.4 Å². The Bertz CT molecular complexity index is 2540. The minimum atomic E-state index is -4.91. The molecule has 0 fully saturated rings. The largest absolute Gasteiger partial charge is 0.417 e. The van der Waals surface area contributed by atoms with E-state index in [4.69, 9.17) is 4.74 Å². The van der Waals surface area contributed by atoms with Crippen LogP contribution in [0, 0.1) is 0 Å². The number of nitrogens with one attached hydrogen (secondary N) is 2. The molecular formula is C30H32F6N4O12S2. The number of ketones is 1. The first-order valence-corrected chi connectivity index (χ1v) is 19.1. The second kappa shape index (κ2) is 16.4. The predicted octanol–water partition coefficient (Wildman–Crippen LogP) is 1.71. The highest BCUT2D eigenvalue weighted by atomic mass is 32.2. The molecule has 2 aromatic heterocycles. The number of Topliss-reactive ketones (excluding diaryl/α,β-unsaturated/α-hetero) is 1. The van der Waals surface area contributed by atoms with Crippen molar-refractivity contribution >= 4 is 47.3 Å². The van der Waals surface area contributed by atoms with Gasteiger partial charge < -0.3 is 24.5 Å². The quantitative estimate of drug-likeness (QED) is 0.137. The summed E-state index contributed by atoms with van der Waals surface area (Å²) in [5.41, 5.74) is -9.24. The number of methoxy groups -OCH3 is 2. The highest BCUT2D eigenvalue weighted by Gasteiger charge is 2.37. The minimum absolute atomic E-state index is 0.0273. The van der Waals surface area contributed by atoms with Crippen LogP contribution in [-0.4, -0.2) is 86.8 Å². The van der Waals surface area contributed by atoms with Crippen LogP contribution in [0.25, 0.3) is 21.8 Å². The van der Waals surface area contributed by atoms with Gasteiger partial charge in [0, 0.05) is 51.7 Å². The van der Waals surface area contributed by atoms with Crippen molar-refractivity contribution in [3.05, 3.63) is 88.2 Å². The number of rotatable bonds is 12. The lowest BCUT2D eigenvalue weighted by atomic mass is 9.97. The number of aliphatic hydroxyl groups excluding tert-OH is 1. The Morgan fingerprint density at radius 1 is 0.741 bits per heavy atom. The van der Waals surface area contributed by atoms with Crippen molar-refractivity contribution in [2.24, 2.45) is 0 Å². The fourth-order valence-electron chi connectivity index (χ4n) is 5.02. The van der Waals surface area contributed by atoms with Crippen molar-refractivity contribution in [2.45, 2.75) is 43.1 Å². The molecular weight excluding hydrogens is 786 g/mol. The molecule has 0 aliphatic carbocycles. The molecule has 3 N–H and O–H groups in total. The molecule has 2 aromatic carbocycles. The molecule has 0 spiro atoms. The van der Waals surface area contributed by atoms with Gasteiger partial charge in [-0.25, -0.2) is 35.6 Å². The summed E-state index contributed by atoms with van der Waals surface area (Å²) in [6.07, 6.45) is -10.3. The number of nitrogens with zero attached hydrogens (tertiary/aromatic N) is 2. The van der Waals surface area contributed by atoms with Crippen molar-refractivity contribution in [3.8, 4) is 0 Å². The molecule has 1 atom stereocenters. The van der Waals surface area contributed by atoms with E-state index in [2.05, 4.69) is 14.7 Å². The minimum Gasteiger partial charge on any atom is -0.388 e. The highest BCUT2D eigenvalue weighted by Crippen LogP contribution is 2.37. The van der Waals surface area contributed by atoms with Crippen LogP contribution in [0.15, 0.2) is 43.4 Å². The summed E-state index contributed by atoms with van der Waals surface area (Å²) in [6, 6.07) is 2.57. The van der Waals surface area contributed by atoms with Crippen LogP contribution in [-0.2, 0) is 53.3 Å². The number of benzene rings is 2. The molecule has 54 heavy (non-hydrogen) atoms. The second-order valence-corrected chi connectivity index (χ2v) is 16.0. The molecule has 4 aromatic rings. The zero-order chi connectivity index (χ0) is 41.1. The average molecular weight is 819 g/mol. The lowest BCUT2D eigenvalue weighted by Crippen LogP contribution is -2.37. The maximum absolute atomic E-state index is 13.4. The van der Waals surface area contributed by atoms with Gasteiger partial charge in [0.25, 0.3) is 11.1 Å². The smallest absolute Gasteiger partial charge is 0.388 e. The summed E-state index contributed by atoms with van der Waals surface area (Å²) in [5.74, 6) is -2.79. The number of fused-ring (bicyclic) bond motifs is 2. The van der Waals surface area contributed by atoms with E-state index in [-0.39, 0.29) is 31.4 Å². The molecule has 4 rings (SSSR count). The molecule has 1 unspecified atom stereocenters. The molecule has 0 saturated heterocycles. The Morgan fingerprint density at radius 3 is 1.57 bits per heavy atom. The SMILES string of the molecule is COCCC(=O)c1cc2c(=O)n(CS(C)(=O)=O)c(=O)[nH]c2cc1C(F)(F)F.COCCC(O)c1cc2c(=O)n(CS(C)(=O)=O)c(=O)[nH]c2cc1C(F)(F)F. The van der Waals surface area contributed by atoms with Crippen LogP contribution >= 0.6 is 0 Å². The number of aromatic amines is 2. The van der Waals surface area contributed by atoms with Gasteiger partial charge in [0.2, 0.25) is 0 Å². The van der Waals surface area contributed by atoms with Gasteiger partial charge in [-0.1, -0.05) is 0 Å². The van der Waals surface area contributed by atoms with Crippen molar-refractivity contribution in [2.75, 3.05) is 39.9 Å². The van der Waals surface area contributed by atoms with Crippen molar-refractivity contribution in [1.29, 1.82) is 0 Å². The van der Waals surface area contributed by atoms with Crippen molar-refractivity contribution in [1.82, 2.24) is 19.1 Å². The van der Waals surface area contributed by atoms with Crippen LogP contribution < -0.4 is 22.5 Å². The molecule has 16 nitrogen and oxygen atoms in total. The molecule has 0 aliphatic heterocycles. The third-order valence-corrected chi connectivity index (χ3v) is 8.85. The van der Waals surface area contributed by atoms with E-state index >= 15 is 0 Å². The molecule has 298 valence electrons. The molecule has 0 radical (unpaired) electrons. The van der Waals surface area contributed by atoms with Crippen molar-refractivity contribution in [3.63, 3.8) is 0 Å². The third kappa shape index (κ3) is 10.7. The van der Waals surface area contributed by atoms with E-state index in [9.17, 15) is 72.3 Å². The number of carbonyl (C=O) groups excluding carboxylic acids is 1. The van der Waals surface area contributed by atoms with Crippen LogP contribution in [0.4, 0.5) is 26.3 Å².